The zero-order chi connectivity index (χ0) is 10.5. The van der Waals surface area contributed by atoms with Crippen molar-refractivity contribution in [2.45, 2.75) is 13.0 Å². The molecule has 1 aromatic heterocycles. The lowest BCUT2D eigenvalue weighted by atomic mass is 10.1. The van der Waals surface area contributed by atoms with Crippen molar-refractivity contribution in [3.05, 3.63) is 54.4 Å². The maximum absolute atomic E-state index is 4.09. The normalized spacial score (nSPS) is 12.1. The maximum Gasteiger partial charge on any atom is 0.223 e. The Morgan fingerprint density at radius 3 is 2.73 bits per heavy atom. The highest BCUT2D eigenvalue weighted by Crippen LogP contribution is 2.15. The number of nitrogens with one attached hydrogen (secondary N) is 1. The van der Waals surface area contributed by atoms with Gasteiger partial charge in [-0.15, -0.1) is 0 Å². The Morgan fingerprint density at radius 2 is 2.07 bits per heavy atom. The second-order valence-corrected chi connectivity index (χ2v) is 3.29. The summed E-state index contributed by atoms with van der Waals surface area (Å²) in [4.78, 5) is 8.09. The van der Waals surface area contributed by atoms with E-state index in [0.717, 1.165) is 0 Å². The van der Waals surface area contributed by atoms with E-state index in [1.165, 1.54) is 5.56 Å². The molecule has 0 aliphatic rings. The molecule has 0 spiro atoms. The fraction of sp³-hybridized carbons (Fsp3) is 0.167. The molecule has 1 heterocycles. The standard InChI is InChI=1S/C12H12N3/c1-10(11-6-3-2-4-7-11)15-12-13-8-5-9-14-12/h2-8,10H,1H3,(H,13,14,15). The fourth-order valence-corrected chi connectivity index (χ4v) is 1.36. The van der Waals surface area contributed by atoms with Crippen molar-refractivity contribution < 1.29 is 0 Å². The number of hydrogen-bond acceptors (Lipinski definition) is 3. The predicted octanol–water partition coefficient (Wildman–Crippen LogP) is 2.45. The number of rotatable bonds is 3. The summed E-state index contributed by atoms with van der Waals surface area (Å²) in [5, 5.41) is 3.20. The van der Waals surface area contributed by atoms with Crippen LogP contribution in [-0.2, 0) is 0 Å². The molecule has 1 aromatic carbocycles. The Hall–Kier alpha value is -1.90. The van der Waals surface area contributed by atoms with Crippen LogP contribution in [0.25, 0.3) is 0 Å². The van der Waals surface area contributed by atoms with Gasteiger partial charge in [-0.3, -0.25) is 0 Å². The summed E-state index contributed by atoms with van der Waals surface area (Å²) in [7, 11) is 0. The largest absolute Gasteiger partial charge is 0.348 e. The number of anilines is 1. The van der Waals surface area contributed by atoms with Crippen molar-refractivity contribution in [1.29, 1.82) is 0 Å². The Kier molecular flexibility index (Phi) is 2.93. The van der Waals surface area contributed by atoms with Crippen LogP contribution in [0.4, 0.5) is 5.95 Å². The molecule has 0 amide bonds. The molecule has 0 saturated heterocycles. The first kappa shape index (κ1) is 9.65. The van der Waals surface area contributed by atoms with E-state index in [9.17, 15) is 0 Å². The van der Waals surface area contributed by atoms with Gasteiger partial charge in [0.1, 0.15) is 0 Å². The molecule has 0 fully saturated rings. The first-order chi connectivity index (χ1) is 7.36. The molecule has 2 aromatic rings. The summed E-state index contributed by atoms with van der Waals surface area (Å²) in [6, 6.07) is 12.1. The number of aromatic nitrogens is 2. The van der Waals surface area contributed by atoms with Gasteiger partial charge in [0.25, 0.3) is 0 Å². The molecule has 0 bridgehead atoms. The van der Waals surface area contributed by atoms with Crippen molar-refractivity contribution in [3.63, 3.8) is 0 Å². The van der Waals surface area contributed by atoms with Crippen molar-refractivity contribution in [2.24, 2.45) is 0 Å². The highest BCUT2D eigenvalue weighted by atomic mass is 15.1. The maximum atomic E-state index is 4.09. The Morgan fingerprint density at radius 1 is 1.27 bits per heavy atom. The van der Waals surface area contributed by atoms with E-state index in [-0.39, 0.29) is 6.04 Å². The first-order valence-corrected chi connectivity index (χ1v) is 4.87. The van der Waals surface area contributed by atoms with E-state index in [0.29, 0.717) is 5.95 Å². The molecule has 1 atom stereocenters. The molecule has 0 aliphatic heterocycles. The number of nitrogens with zero attached hydrogens (tertiary/aromatic N) is 2. The van der Waals surface area contributed by atoms with Gasteiger partial charge < -0.3 is 5.32 Å². The van der Waals surface area contributed by atoms with Gasteiger partial charge in [-0.25, -0.2) is 9.97 Å². The minimum Gasteiger partial charge on any atom is -0.348 e. The molecule has 3 nitrogen and oxygen atoms in total. The van der Waals surface area contributed by atoms with Crippen LogP contribution in [-0.4, -0.2) is 9.97 Å². The molecule has 0 aliphatic carbocycles. The molecule has 0 saturated carbocycles. The summed E-state index contributed by atoms with van der Waals surface area (Å²) in [5.74, 6) is 0.605. The smallest absolute Gasteiger partial charge is 0.223 e. The van der Waals surface area contributed by atoms with Gasteiger partial charge >= 0.3 is 0 Å². The lowest BCUT2D eigenvalue weighted by molar-refractivity contribution is 0.860. The topological polar surface area (TPSA) is 37.8 Å². The van der Waals surface area contributed by atoms with Gasteiger partial charge in [0.2, 0.25) is 5.95 Å². The Bertz CT molecular complexity index is 400. The van der Waals surface area contributed by atoms with E-state index in [2.05, 4.69) is 40.5 Å². The van der Waals surface area contributed by atoms with Crippen LogP contribution in [0.3, 0.4) is 0 Å². The second kappa shape index (κ2) is 4.55. The zero-order valence-electron chi connectivity index (χ0n) is 8.51. The van der Waals surface area contributed by atoms with Crippen LogP contribution in [0, 0.1) is 6.20 Å². The van der Waals surface area contributed by atoms with Gasteiger partial charge in [-0.2, -0.15) is 0 Å². The molecule has 1 N–H and O–H groups in total. The van der Waals surface area contributed by atoms with E-state index in [1.54, 1.807) is 12.3 Å². The summed E-state index contributed by atoms with van der Waals surface area (Å²) in [5.41, 5.74) is 1.21. The van der Waals surface area contributed by atoms with Gasteiger partial charge in [-0.1, -0.05) is 30.3 Å². The van der Waals surface area contributed by atoms with Crippen LogP contribution >= 0.6 is 0 Å². The molecule has 1 unspecified atom stereocenters. The summed E-state index contributed by atoms with van der Waals surface area (Å²) < 4.78 is 0. The minimum absolute atomic E-state index is 0.196. The first-order valence-electron chi connectivity index (χ1n) is 4.87. The van der Waals surface area contributed by atoms with Gasteiger partial charge in [-0.05, 0) is 18.6 Å². The minimum atomic E-state index is 0.196. The molecular weight excluding hydrogens is 186 g/mol. The van der Waals surface area contributed by atoms with Crippen LogP contribution in [0.15, 0.2) is 42.6 Å². The van der Waals surface area contributed by atoms with E-state index >= 15 is 0 Å². The van der Waals surface area contributed by atoms with Crippen LogP contribution in [0.5, 0.6) is 0 Å². The number of benzene rings is 1. The van der Waals surface area contributed by atoms with Gasteiger partial charge in [0, 0.05) is 6.20 Å². The van der Waals surface area contributed by atoms with E-state index in [1.807, 2.05) is 18.2 Å². The molecule has 3 heteroatoms. The highest BCUT2D eigenvalue weighted by molar-refractivity contribution is 5.30. The molecule has 2 rings (SSSR count). The Labute approximate surface area is 89.2 Å². The van der Waals surface area contributed by atoms with Crippen molar-refractivity contribution >= 4 is 5.95 Å². The molecular formula is C12H12N3. The van der Waals surface area contributed by atoms with E-state index < -0.39 is 0 Å². The van der Waals surface area contributed by atoms with Gasteiger partial charge in [0.05, 0.1) is 12.2 Å². The Balaban J connectivity index is 2.08. The predicted molar refractivity (Wildman–Crippen MR) is 59.3 cm³/mol. The third-order valence-corrected chi connectivity index (χ3v) is 2.16. The van der Waals surface area contributed by atoms with E-state index in [4.69, 9.17) is 0 Å². The third-order valence-electron chi connectivity index (χ3n) is 2.16. The average molecular weight is 198 g/mol. The highest BCUT2D eigenvalue weighted by Gasteiger charge is 2.04. The van der Waals surface area contributed by atoms with Crippen molar-refractivity contribution in [3.8, 4) is 0 Å². The fourth-order valence-electron chi connectivity index (χ4n) is 1.36. The summed E-state index contributed by atoms with van der Waals surface area (Å²) in [6.07, 6.45) is 4.42. The summed E-state index contributed by atoms with van der Waals surface area (Å²) >= 11 is 0. The summed E-state index contributed by atoms with van der Waals surface area (Å²) in [6.45, 7) is 2.08. The van der Waals surface area contributed by atoms with Crippen molar-refractivity contribution in [2.75, 3.05) is 5.32 Å². The van der Waals surface area contributed by atoms with Gasteiger partial charge in [0.15, 0.2) is 0 Å². The molecule has 15 heavy (non-hydrogen) atoms. The van der Waals surface area contributed by atoms with Crippen LogP contribution < -0.4 is 5.32 Å². The molecule has 1 radical (unpaired) electrons. The zero-order valence-corrected chi connectivity index (χ0v) is 8.51. The van der Waals surface area contributed by atoms with Crippen LogP contribution in [0.2, 0.25) is 0 Å². The lowest BCUT2D eigenvalue weighted by Gasteiger charge is -2.13. The molecule has 75 valence electrons. The second-order valence-electron chi connectivity index (χ2n) is 3.29. The average Bonchev–Trinajstić information content (AvgIpc) is 2.31. The third kappa shape index (κ3) is 2.53. The van der Waals surface area contributed by atoms with Crippen LogP contribution in [0.1, 0.15) is 18.5 Å². The SMILES string of the molecule is CC(Nc1n[c]ccn1)c1ccccc1. The van der Waals surface area contributed by atoms with Crippen molar-refractivity contribution in [1.82, 2.24) is 9.97 Å². The quantitative estimate of drug-likeness (QED) is 0.823. The lowest BCUT2D eigenvalue weighted by Crippen LogP contribution is -2.08. The monoisotopic (exact) mass is 198 g/mol. The number of hydrogen-bond donors (Lipinski definition) is 1.